The van der Waals surface area contributed by atoms with E-state index in [9.17, 15) is 8.42 Å². The number of rotatable bonds is 6. The van der Waals surface area contributed by atoms with Crippen molar-refractivity contribution in [3.8, 4) is 0 Å². The SMILES string of the molecule is CCc1nnc([C@H](C)N[C@@H]2CCN(S(=O)(=O)C(C)C)C[C@@H]2C)o1. The van der Waals surface area contributed by atoms with Crippen molar-refractivity contribution >= 4 is 10.0 Å². The number of aromatic nitrogens is 2. The normalized spacial score (nSPS) is 25.0. The van der Waals surface area contributed by atoms with Gasteiger partial charge in [0, 0.05) is 25.6 Å². The van der Waals surface area contributed by atoms with Gasteiger partial charge >= 0.3 is 0 Å². The van der Waals surface area contributed by atoms with Crippen LogP contribution in [0.3, 0.4) is 0 Å². The zero-order valence-corrected chi connectivity index (χ0v) is 15.4. The molecule has 1 aromatic heterocycles. The number of sulfonamides is 1. The van der Waals surface area contributed by atoms with E-state index in [1.54, 1.807) is 18.2 Å². The van der Waals surface area contributed by atoms with E-state index in [0.717, 1.165) is 12.8 Å². The molecule has 0 bridgehead atoms. The first-order valence-corrected chi connectivity index (χ1v) is 9.83. The van der Waals surface area contributed by atoms with Crippen LogP contribution in [0.4, 0.5) is 0 Å². The lowest BCUT2D eigenvalue weighted by atomic mass is 9.94. The molecule has 0 radical (unpaired) electrons. The number of piperidine rings is 1. The fourth-order valence-corrected chi connectivity index (χ4v) is 4.26. The van der Waals surface area contributed by atoms with E-state index in [-0.39, 0.29) is 23.3 Å². The molecule has 1 aliphatic heterocycles. The highest BCUT2D eigenvalue weighted by atomic mass is 32.2. The van der Waals surface area contributed by atoms with E-state index >= 15 is 0 Å². The van der Waals surface area contributed by atoms with E-state index in [1.165, 1.54) is 0 Å². The number of hydrogen-bond acceptors (Lipinski definition) is 6. The van der Waals surface area contributed by atoms with Crippen molar-refractivity contribution in [2.45, 2.75) is 64.8 Å². The predicted molar refractivity (Wildman–Crippen MR) is 88.4 cm³/mol. The average Bonchev–Trinajstić information content (AvgIpc) is 2.98. The second-order valence-electron chi connectivity index (χ2n) is 6.60. The van der Waals surface area contributed by atoms with Crippen LogP contribution in [0, 0.1) is 5.92 Å². The van der Waals surface area contributed by atoms with Gasteiger partial charge in [0.25, 0.3) is 0 Å². The fraction of sp³-hybridized carbons (Fsp3) is 0.867. The van der Waals surface area contributed by atoms with Crippen molar-refractivity contribution in [1.82, 2.24) is 19.8 Å². The Balaban J connectivity index is 1.96. The summed E-state index contributed by atoms with van der Waals surface area (Å²) in [6, 6.07) is 0.198. The zero-order valence-electron chi connectivity index (χ0n) is 14.6. The van der Waals surface area contributed by atoms with Crippen LogP contribution >= 0.6 is 0 Å². The van der Waals surface area contributed by atoms with Gasteiger partial charge in [0.1, 0.15) is 0 Å². The molecule has 3 atom stereocenters. The van der Waals surface area contributed by atoms with Crippen molar-refractivity contribution in [3.05, 3.63) is 11.8 Å². The van der Waals surface area contributed by atoms with Crippen molar-refractivity contribution in [3.63, 3.8) is 0 Å². The Morgan fingerprint density at radius 3 is 2.57 bits per heavy atom. The highest BCUT2D eigenvalue weighted by Gasteiger charge is 2.34. The molecule has 2 rings (SSSR count). The third-order valence-corrected chi connectivity index (χ3v) is 6.69. The second-order valence-corrected chi connectivity index (χ2v) is 9.09. The van der Waals surface area contributed by atoms with Crippen molar-refractivity contribution < 1.29 is 12.8 Å². The van der Waals surface area contributed by atoms with E-state index in [4.69, 9.17) is 4.42 Å². The molecule has 23 heavy (non-hydrogen) atoms. The third kappa shape index (κ3) is 4.10. The van der Waals surface area contributed by atoms with Gasteiger partial charge in [-0.3, -0.25) is 0 Å². The van der Waals surface area contributed by atoms with Crippen LogP contribution in [0.2, 0.25) is 0 Å². The Bertz CT molecular complexity index is 614. The Kier molecular flexibility index (Phi) is 5.80. The van der Waals surface area contributed by atoms with Gasteiger partial charge in [0.05, 0.1) is 11.3 Å². The summed E-state index contributed by atoms with van der Waals surface area (Å²) < 4.78 is 31.8. The van der Waals surface area contributed by atoms with E-state index in [1.807, 2.05) is 13.8 Å². The summed E-state index contributed by atoms with van der Waals surface area (Å²) in [5, 5.41) is 11.2. The Morgan fingerprint density at radius 1 is 1.35 bits per heavy atom. The topological polar surface area (TPSA) is 88.3 Å². The molecule has 0 saturated carbocycles. The Labute approximate surface area is 138 Å². The van der Waals surface area contributed by atoms with Crippen LogP contribution in [-0.2, 0) is 16.4 Å². The minimum atomic E-state index is -3.17. The molecular formula is C15H28N4O3S. The van der Waals surface area contributed by atoms with E-state index < -0.39 is 10.0 Å². The van der Waals surface area contributed by atoms with Crippen LogP contribution in [0.1, 0.15) is 58.9 Å². The molecule has 132 valence electrons. The molecule has 0 aliphatic carbocycles. The molecule has 0 aromatic carbocycles. The molecule has 1 saturated heterocycles. The van der Waals surface area contributed by atoms with Crippen LogP contribution < -0.4 is 5.32 Å². The third-order valence-electron chi connectivity index (χ3n) is 4.44. The fourth-order valence-electron chi connectivity index (χ4n) is 2.86. The van der Waals surface area contributed by atoms with Gasteiger partial charge in [-0.25, -0.2) is 12.7 Å². The van der Waals surface area contributed by atoms with Gasteiger partial charge in [0.2, 0.25) is 21.8 Å². The molecular weight excluding hydrogens is 316 g/mol. The first-order chi connectivity index (χ1) is 10.8. The maximum Gasteiger partial charge on any atom is 0.233 e. The van der Waals surface area contributed by atoms with Gasteiger partial charge in [0.15, 0.2) is 0 Å². The van der Waals surface area contributed by atoms with Gasteiger partial charge in [-0.1, -0.05) is 13.8 Å². The van der Waals surface area contributed by atoms with E-state index in [2.05, 4.69) is 22.4 Å². The number of hydrogen-bond donors (Lipinski definition) is 1. The summed E-state index contributed by atoms with van der Waals surface area (Å²) >= 11 is 0. The lowest BCUT2D eigenvalue weighted by molar-refractivity contribution is 0.202. The van der Waals surface area contributed by atoms with Crippen molar-refractivity contribution in [2.24, 2.45) is 5.92 Å². The summed E-state index contributed by atoms with van der Waals surface area (Å²) in [5.74, 6) is 1.46. The molecule has 1 fully saturated rings. The summed E-state index contributed by atoms with van der Waals surface area (Å²) in [5.41, 5.74) is 0. The number of nitrogens with zero attached hydrogens (tertiary/aromatic N) is 3. The highest BCUT2D eigenvalue weighted by Crippen LogP contribution is 2.24. The predicted octanol–water partition coefficient (Wildman–Crippen LogP) is 1.73. The molecule has 0 spiro atoms. The molecule has 1 N–H and O–H groups in total. The van der Waals surface area contributed by atoms with Gasteiger partial charge in [-0.05, 0) is 33.1 Å². The lowest BCUT2D eigenvalue weighted by Gasteiger charge is -2.38. The van der Waals surface area contributed by atoms with E-state index in [0.29, 0.717) is 24.9 Å². The van der Waals surface area contributed by atoms with Crippen molar-refractivity contribution in [2.75, 3.05) is 13.1 Å². The van der Waals surface area contributed by atoms with Crippen LogP contribution in [0.25, 0.3) is 0 Å². The van der Waals surface area contributed by atoms with Crippen molar-refractivity contribution in [1.29, 1.82) is 0 Å². The molecule has 0 unspecified atom stereocenters. The lowest BCUT2D eigenvalue weighted by Crippen LogP contribution is -2.51. The molecule has 2 heterocycles. The van der Waals surface area contributed by atoms with Gasteiger partial charge in [-0.2, -0.15) is 0 Å². The smallest absolute Gasteiger partial charge is 0.233 e. The molecule has 0 amide bonds. The number of aryl methyl sites for hydroxylation is 1. The highest BCUT2D eigenvalue weighted by molar-refractivity contribution is 7.89. The van der Waals surface area contributed by atoms with Gasteiger partial charge < -0.3 is 9.73 Å². The van der Waals surface area contributed by atoms with Crippen LogP contribution in [0.5, 0.6) is 0 Å². The average molecular weight is 344 g/mol. The molecule has 1 aliphatic rings. The van der Waals surface area contributed by atoms with Crippen LogP contribution in [-0.4, -0.2) is 47.3 Å². The minimum Gasteiger partial charge on any atom is -0.424 e. The van der Waals surface area contributed by atoms with Gasteiger partial charge in [-0.15, -0.1) is 10.2 Å². The summed E-state index contributed by atoms with van der Waals surface area (Å²) in [6.45, 7) is 10.6. The maximum atomic E-state index is 12.3. The Morgan fingerprint density at radius 2 is 2.04 bits per heavy atom. The number of nitrogens with one attached hydrogen (secondary N) is 1. The Hall–Kier alpha value is -0.990. The first-order valence-electron chi connectivity index (χ1n) is 8.33. The zero-order chi connectivity index (χ0) is 17.2. The molecule has 1 aromatic rings. The largest absolute Gasteiger partial charge is 0.424 e. The molecule has 8 heteroatoms. The summed E-state index contributed by atoms with van der Waals surface area (Å²) in [6.07, 6.45) is 1.51. The molecule has 7 nitrogen and oxygen atoms in total. The van der Waals surface area contributed by atoms with Crippen LogP contribution in [0.15, 0.2) is 4.42 Å². The second kappa shape index (κ2) is 7.27. The maximum absolute atomic E-state index is 12.3. The minimum absolute atomic E-state index is 0.0384. The monoisotopic (exact) mass is 344 g/mol. The summed E-state index contributed by atoms with van der Waals surface area (Å²) in [7, 11) is -3.17. The standard InChI is InChI=1S/C15H28N4O3S/c1-6-14-17-18-15(22-14)12(5)16-13-7-8-19(9-11(13)4)23(20,21)10(2)3/h10-13,16H,6-9H2,1-5H3/t11-,12-,13+/m0/s1. The first kappa shape index (κ1) is 18.4. The summed E-state index contributed by atoms with van der Waals surface area (Å²) in [4.78, 5) is 0. The quantitative estimate of drug-likeness (QED) is 0.845.